The lowest BCUT2D eigenvalue weighted by Gasteiger charge is -2.29. The van der Waals surface area contributed by atoms with Crippen molar-refractivity contribution in [1.82, 2.24) is 9.80 Å². The summed E-state index contributed by atoms with van der Waals surface area (Å²) in [5.41, 5.74) is 0. The van der Waals surface area contributed by atoms with Gasteiger partial charge in [-0.15, -0.1) is 6.58 Å². The third-order valence-electron chi connectivity index (χ3n) is 2.53. The van der Waals surface area contributed by atoms with Crippen LogP contribution < -0.4 is 0 Å². The van der Waals surface area contributed by atoms with Crippen molar-refractivity contribution in [2.45, 2.75) is 25.1 Å². The van der Waals surface area contributed by atoms with Gasteiger partial charge in [0.25, 0.3) is 0 Å². The Hall–Kier alpha value is -1.73. The van der Waals surface area contributed by atoms with E-state index in [-0.39, 0.29) is 6.54 Å². The Morgan fingerprint density at radius 1 is 1.37 bits per heavy atom. The lowest BCUT2D eigenvalue weighted by atomic mass is 10.4. The van der Waals surface area contributed by atoms with E-state index in [1.807, 2.05) is 0 Å². The second-order valence-electron chi connectivity index (χ2n) is 4.32. The zero-order valence-corrected chi connectivity index (χ0v) is 10.2. The fourth-order valence-electron chi connectivity index (χ4n) is 1.64. The van der Waals surface area contributed by atoms with Gasteiger partial charge in [0.1, 0.15) is 13.1 Å². The Morgan fingerprint density at radius 3 is 2.32 bits per heavy atom. The fraction of sp³-hybridized carbons (Fsp3) is 0.636. The van der Waals surface area contributed by atoms with Crippen LogP contribution in [0.15, 0.2) is 12.7 Å². The first-order valence-electron chi connectivity index (χ1n) is 5.69. The molecule has 0 aromatic carbocycles. The number of hydrogen-bond acceptors (Lipinski definition) is 2. The van der Waals surface area contributed by atoms with Gasteiger partial charge in [0.15, 0.2) is 0 Å². The first-order chi connectivity index (χ1) is 8.74. The zero-order chi connectivity index (χ0) is 14.6. The molecule has 19 heavy (non-hydrogen) atoms. The number of carboxylic acid groups (broad SMARTS) is 1. The van der Waals surface area contributed by atoms with E-state index >= 15 is 0 Å². The van der Waals surface area contributed by atoms with Crippen molar-refractivity contribution in [2.24, 2.45) is 0 Å². The molecular weight excluding hydrogens is 265 g/mol. The topological polar surface area (TPSA) is 60.9 Å². The predicted octanol–water partition coefficient (Wildman–Crippen LogP) is 1.71. The average molecular weight is 280 g/mol. The molecule has 0 aliphatic heterocycles. The second kappa shape index (κ2) is 5.94. The molecule has 1 N–H and O–H groups in total. The molecule has 1 fully saturated rings. The summed E-state index contributed by atoms with van der Waals surface area (Å²) in [6.45, 7) is 1.25. The number of carboxylic acids is 1. The molecule has 2 amide bonds. The van der Waals surface area contributed by atoms with Gasteiger partial charge in [-0.3, -0.25) is 4.79 Å². The van der Waals surface area contributed by atoms with Crippen molar-refractivity contribution in [3.8, 4) is 0 Å². The summed E-state index contributed by atoms with van der Waals surface area (Å²) >= 11 is 0. The van der Waals surface area contributed by atoms with Crippen molar-refractivity contribution in [1.29, 1.82) is 0 Å². The van der Waals surface area contributed by atoms with E-state index in [2.05, 4.69) is 6.58 Å². The quantitative estimate of drug-likeness (QED) is 0.753. The monoisotopic (exact) mass is 280 g/mol. The summed E-state index contributed by atoms with van der Waals surface area (Å²) in [6.07, 6.45) is -2.20. The Labute approximate surface area is 108 Å². The molecule has 1 aliphatic rings. The number of urea groups is 1. The van der Waals surface area contributed by atoms with Crippen LogP contribution in [0.2, 0.25) is 0 Å². The largest absolute Gasteiger partial charge is 0.480 e. The minimum Gasteiger partial charge on any atom is -0.480 e. The molecule has 0 unspecified atom stereocenters. The maximum absolute atomic E-state index is 12.4. The van der Waals surface area contributed by atoms with Gasteiger partial charge < -0.3 is 14.9 Å². The number of halogens is 3. The normalized spacial score (nSPS) is 14.9. The highest BCUT2D eigenvalue weighted by molar-refractivity contribution is 5.80. The lowest BCUT2D eigenvalue weighted by molar-refractivity contribution is -0.142. The third-order valence-corrected chi connectivity index (χ3v) is 2.53. The summed E-state index contributed by atoms with van der Waals surface area (Å²) in [7, 11) is 0. The number of nitrogens with zero attached hydrogens (tertiary/aromatic N) is 2. The standard InChI is InChI=1S/C11H15F3N2O3/c1-2-5-15(6-9(17)18)10(19)16(8-3-4-8)7-11(12,13)14/h2,8H,1,3-7H2,(H,17,18). The molecule has 0 aromatic heterocycles. The van der Waals surface area contributed by atoms with E-state index in [9.17, 15) is 22.8 Å². The molecule has 108 valence electrons. The van der Waals surface area contributed by atoms with E-state index in [1.54, 1.807) is 0 Å². The SMILES string of the molecule is C=CCN(CC(=O)O)C(=O)N(CC(F)(F)F)C1CC1. The third kappa shape index (κ3) is 5.19. The predicted molar refractivity (Wildman–Crippen MR) is 60.6 cm³/mol. The summed E-state index contributed by atoms with van der Waals surface area (Å²) in [5, 5.41) is 8.66. The van der Waals surface area contributed by atoms with Crippen LogP contribution in [0.5, 0.6) is 0 Å². The van der Waals surface area contributed by atoms with E-state index in [4.69, 9.17) is 5.11 Å². The molecule has 0 spiro atoms. The molecule has 0 radical (unpaired) electrons. The second-order valence-corrected chi connectivity index (χ2v) is 4.32. The van der Waals surface area contributed by atoms with Gasteiger partial charge >= 0.3 is 18.2 Å². The van der Waals surface area contributed by atoms with Gasteiger partial charge in [0.05, 0.1) is 0 Å². The van der Waals surface area contributed by atoms with E-state index < -0.39 is 37.3 Å². The molecule has 1 aliphatic carbocycles. The van der Waals surface area contributed by atoms with Gasteiger partial charge in [-0.25, -0.2) is 4.79 Å². The number of rotatable bonds is 6. The molecule has 0 heterocycles. The zero-order valence-electron chi connectivity index (χ0n) is 10.2. The minimum absolute atomic E-state index is 0.105. The fourth-order valence-corrected chi connectivity index (χ4v) is 1.64. The number of amides is 2. The number of aliphatic carboxylic acids is 1. The van der Waals surface area contributed by atoms with Crippen LogP contribution >= 0.6 is 0 Å². The van der Waals surface area contributed by atoms with E-state index in [1.165, 1.54) is 6.08 Å². The van der Waals surface area contributed by atoms with Gasteiger partial charge in [0.2, 0.25) is 0 Å². The Bertz CT molecular complexity index is 367. The van der Waals surface area contributed by atoms with Crippen LogP contribution in [0, 0.1) is 0 Å². The average Bonchev–Trinajstić information content (AvgIpc) is 3.06. The molecule has 0 aromatic rings. The van der Waals surface area contributed by atoms with Crippen LogP contribution in [0.4, 0.5) is 18.0 Å². The van der Waals surface area contributed by atoms with Crippen LogP contribution in [0.25, 0.3) is 0 Å². The molecule has 0 bridgehead atoms. The molecule has 0 saturated heterocycles. The highest BCUT2D eigenvalue weighted by atomic mass is 19.4. The summed E-state index contributed by atoms with van der Waals surface area (Å²) in [6, 6.07) is -1.36. The smallest absolute Gasteiger partial charge is 0.406 e. The maximum Gasteiger partial charge on any atom is 0.406 e. The Kier molecular flexibility index (Phi) is 4.79. The van der Waals surface area contributed by atoms with Crippen molar-refractivity contribution in [3.05, 3.63) is 12.7 Å². The van der Waals surface area contributed by atoms with Gasteiger partial charge in [-0.1, -0.05) is 6.08 Å². The number of carbonyl (C=O) groups excluding carboxylic acids is 1. The van der Waals surface area contributed by atoms with Crippen molar-refractivity contribution in [2.75, 3.05) is 19.6 Å². The highest BCUT2D eigenvalue weighted by Gasteiger charge is 2.42. The van der Waals surface area contributed by atoms with Crippen LogP contribution in [0.3, 0.4) is 0 Å². The molecule has 1 rings (SSSR count). The molecule has 0 atom stereocenters. The molecule has 5 nitrogen and oxygen atoms in total. The van der Waals surface area contributed by atoms with Crippen molar-refractivity contribution >= 4 is 12.0 Å². The lowest BCUT2D eigenvalue weighted by Crippen LogP contribution is -2.49. The number of alkyl halides is 3. The van der Waals surface area contributed by atoms with Gasteiger partial charge in [-0.2, -0.15) is 13.2 Å². The Morgan fingerprint density at radius 2 is 1.95 bits per heavy atom. The summed E-state index contributed by atoms with van der Waals surface area (Å²) in [4.78, 5) is 24.1. The minimum atomic E-state index is -4.50. The molecular formula is C11H15F3N2O3. The van der Waals surface area contributed by atoms with Crippen LogP contribution in [-0.4, -0.2) is 58.8 Å². The maximum atomic E-state index is 12.4. The number of hydrogen-bond donors (Lipinski definition) is 1. The molecule has 1 saturated carbocycles. The first kappa shape index (κ1) is 15.3. The molecule has 8 heteroatoms. The highest BCUT2D eigenvalue weighted by Crippen LogP contribution is 2.31. The van der Waals surface area contributed by atoms with E-state index in [0.717, 1.165) is 4.90 Å². The van der Waals surface area contributed by atoms with Crippen LogP contribution in [0.1, 0.15) is 12.8 Å². The summed E-state index contributed by atoms with van der Waals surface area (Å²) in [5.74, 6) is -1.28. The van der Waals surface area contributed by atoms with Crippen molar-refractivity contribution in [3.63, 3.8) is 0 Å². The van der Waals surface area contributed by atoms with Crippen LogP contribution in [-0.2, 0) is 4.79 Å². The van der Waals surface area contributed by atoms with E-state index in [0.29, 0.717) is 17.7 Å². The van der Waals surface area contributed by atoms with Gasteiger partial charge in [-0.05, 0) is 12.8 Å². The van der Waals surface area contributed by atoms with Gasteiger partial charge in [0, 0.05) is 12.6 Å². The first-order valence-corrected chi connectivity index (χ1v) is 5.69. The number of carbonyl (C=O) groups is 2. The van der Waals surface area contributed by atoms with Crippen molar-refractivity contribution < 1.29 is 27.9 Å². The summed E-state index contributed by atoms with van der Waals surface area (Å²) < 4.78 is 37.3. The Balaban J connectivity index is 2.77.